The summed E-state index contributed by atoms with van der Waals surface area (Å²) in [7, 11) is 3.45. The molecule has 17 nitrogen and oxygen atoms in total. The van der Waals surface area contributed by atoms with Crippen molar-refractivity contribution in [2.24, 2.45) is 0 Å². The number of anilines is 4. The molecule has 0 spiro atoms. The summed E-state index contributed by atoms with van der Waals surface area (Å²) in [6.45, 7) is 6.19. The molecule has 66 heavy (non-hydrogen) atoms. The molecule has 4 heterocycles. The van der Waals surface area contributed by atoms with Crippen molar-refractivity contribution in [2.45, 2.75) is 128 Å². The lowest BCUT2D eigenvalue weighted by Crippen LogP contribution is -2.55. The number of benzene rings is 2. The van der Waals surface area contributed by atoms with Crippen LogP contribution in [0.1, 0.15) is 118 Å². The third-order valence-corrected chi connectivity index (χ3v) is 13.4. The van der Waals surface area contributed by atoms with Crippen molar-refractivity contribution in [1.29, 1.82) is 0 Å². The molecular weight excluding hydrogens is 839 g/mol. The first-order valence-electron chi connectivity index (χ1n) is 23.5. The number of fused-ring (bicyclic) bond motifs is 2. The van der Waals surface area contributed by atoms with Gasteiger partial charge in [0.05, 0.1) is 44.4 Å². The van der Waals surface area contributed by atoms with Crippen LogP contribution in [0.25, 0.3) is 11.3 Å². The summed E-state index contributed by atoms with van der Waals surface area (Å²) < 4.78 is 13.7. The van der Waals surface area contributed by atoms with Crippen molar-refractivity contribution in [2.75, 3.05) is 49.0 Å². The molecule has 2 aliphatic carbocycles. The van der Waals surface area contributed by atoms with E-state index >= 15 is 0 Å². The second-order valence-electron chi connectivity index (χ2n) is 17.6. The number of amides is 4. The van der Waals surface area contributed by atoms with Crippen LogP contribution in [0.15, 0.2) is 48.8 Å². The predicted octanol–water partition coefficient (Wildman–Crippen LogP) is 5.92. The highest BCUT2D eigenvalue weighted by atomic mass is 16.5. The van der Waals surface area contributed by atoms with E-state index in [1.54, 1.807) is 24.3 Å². The lowest BCUT2D eigenvalue weighted by molar-refractivity contribution is -0.129. The molecule has 0 radical (unpaired) electrons. The van der Waals surface area contributed by atoms with Gasteiger partial charge in [-0.15, -0.1) is 5.10 Å². The number of carbonyl (C=O) groups excluding carboxylic acids is 4. The van der Waals surface area contributed by atoms with E-state index in [0.29, 0.717) is 75.2 Å². The van der Waals surface area contributed by atoms with Gasteiger partial charge in [0.15, 0.2) is 5.82 Å². The van der Waals surface area contributed by atoms with Gasteiger partial charge < -0.3 is 34.8 Å². The quantitative estimate of drug-likeness (QED) is 0.0607. The van der Waals surface area contributed by atoms with Gasteiger partial charge in [-0.05, 0) is 87.3 Å². The first-order chi connectivity index (χ1) is 32.2. The van der Waals surface area contributed by atoms with Gasteiger partial charge >= 0.3 is 0 Å². The summed E-state index contributed by atoms with van der Waals surface area (Å²) >= 11 is 0. The highest BCUT2D eigenvalue weighted by molar-refractivity contribution is 6.04. The zero-order chi connectivity index (χ0) is 46.2. The van der Waals surface area contributed by atoms with E-state index in [4.69, 9.17) is 14.5 Å². The first-order valence-corrected chi connectivity index (χ1v) is 23.5. The molecule has 2 aromatic heterocycles. The van der Waals surface area contributed by atoms with Crippen molar-refractivity contribution in [3.05, 3.63) is 65.5 Å². The van der Waals surface area contributed by atoms with Gasteiger partial charge in [0, 0.05) is 55.3 Å². The normalized spacial score (nSPS) is 19.8. The Bertz CT molecular complexity index is 2450. The molecule has 2 atom stereocenters. The number of likely N-dealkylation sites (N-methyl/N-ethyl adjacent to an activating group) is 1. The second kappa shape index (κ2) is 21.3. The number of aromatic nitrogens is 5. The number of imide groups is 1. The minimum absolute atomic E-state index is 0.0873. The van der Waals surface area contributed by atoms with Crippen LogP contribution in [-0.4, -0.2) is 112 Å². The Kier molecular flexibility index (Phi) is 14.9. The molecule has 2 saturated carbocycles. The van der Waals surface area contributed by atoms with Crippen LogP contribution in [0.3, 0.4) is 0 Å². The minimum atomic E-state index is -0.692. The fraction of sp³-hybridized carbons (Fsp3) is 0.510. The SMILES string of the molecule is CCCC(C(=O)NC=O)N1Cc2cc(C#CCCOCCN[C@H]3CC[C@@H](n4cc(-c5ccc(Nc6ncc7c(n6)N(C6CCCC6)[C@H](CC)C(=O)N7C)c(OC)c5)nn4)CC3)ccc2C1=O. The van der Waals surface area contributed by atoms with Crippen molar-refractivity contribution in [1.82, 2.24) is 40.5 Å². The Morgan fingerprint density at radius 1 is 1.02 bits per heavy atom. The standard InChI is InChI=1S/C49H61N11O6/c1-5-11-42(46(62)52-31-61)58-29-34-26-32(15-21-38(34)47(58)63)12-9-10-24-66-25-23-50-35-17-19-36(20-18-35)59-30-40(55-56-59)33-16-22-39(44(27-33)65-4)53-49-51-28-43-45(54-49)60(37-13-7-8-14-37)41(6-2)48(64)57(43)3/h15-16,21-22,26-28,30-31,35-37,41-42,50H,5-8,10-11,13-14,17-20,23-25,29H2,1-4H3,(H,51,53,54)(H,52,61,62)/t35-,36+,41-,42?/m1/s1. The largest absolute Gasteiger partial charge is 0.495 e. The molecule has 348 valence electrons. The molecule has 17 heteroatoms. The minimum Gasteiger partial charge on any atom is -0.495 e. The highest BCUT2D eigenvalue weighted by Crippen LogP contribution is 2.41. The van der Waals surface area contributed by atoms with E-state index in [9.17, 15) is 19.2 Å². The monoisotopic (exact) mass is 899 g/mol. The maximum atomic E-state index is 13.3. The lowest BCUT2D eigenvalue weighted by atomic mass is 9.91. The van der Waals surface area contributed by atoms with Gasteiger partial charge in [0.25, 0.3) is 5.91 Å². The van der Waals surface area contributed by atoms with Gasteiger partial charge in [0.2, 0.25) is 24.2 Å². The number of rotatable bonds is 18. The summed E-state index contributed by atoms with van der Waals surface area (Å²) in [5.41, 5.74) is 5.32. The predicted molar refractivity (Wildman–Crippen MR) is 250 cm³/mol. The van der Waals surface area contributed by atoms with Crippen LogP contribution in [0.4, 0.5) is 23.1 Å². The van der Waals surface area contributed by atoms with Crippen molar-refractivity contribution < 1.29 is 28.7 Å². The Morgan fingerprint density at radius 3 is 2.59 bits per heavy atom. The number of methoxy groups -OCH3 is 1. The van der Waals surface area contributed by atoms with Gasteiger partial charge in [-0.2, -0.15) is 4.98 Å². The Balaban J connectivity index is 0.772. The summed E-state index contributed by atoms with van der Waals surface area (Å²) in [5, 5.41) is 18.3. The summed E-state index contributed by atoms with van der Waals surface area (Å²) in [5.74, 6) is 7.63. The molecule has 2 aromatic carbocycles. The maximum Gasteiger partial charge on any atom is 0.255 e. The molecule has 3 N–H and O–H groups in total. The summed E-state index contributed by atoms with van der Waals surface area (Å²) in [4.78, 5) is 64.8. The van der Waals surface area contributed by atoms with Gasteiger partial charge in [0.1, 0.15) is 29.2 Å². The molecule has 4 aromatic rings. The van der Waals surface area contributed by atoms with E-state index in [2.05, 4.69) is 54.9 Å². The van der Waals surface area contributed by atoms with Crippen LogP contribution < -0.4 is 30.5 Å². The molecule has 8 rings (SSSR count). The smallest absolute Gasteiger partial charge is 0.255 e. The van der Waals surface area contributed by atoms with Crippen molar-refractivity contribution >= 4 is 47.3 Å². The topological polar surface area (TPSA) is 189 Å². The third kappa shape index (κ3) is 10.0. The average Bonchev–Trinajstić information content (AvgIpc) is 4.12. The average molecular weight is 900 g/mol. The molecule has 2 fully saturated rings. The molecule has 1 unspecified atom stereocenters. The molecule has 4 aliphatic rings. The Morgan fingerprint density at radius 2 is 1.83 bits per heavy atom. The van der Waals surface area contributed by atoms with E-state index < -0.39 is 11.9 Å². The summed E-state index contributed by atoms with van der Waals surface area (Å²) in [6.07, 6.45) is 15.1. The van der Waals surface area contributed by atoms with E-state index in [1.165, 1.54) is 4.90 Å². The molecular formula is C49H61N11O6. The Labute approximate surface area is 386 Å². The van der Waals surface area contributed by atoms with Gasteiger partial charge in [-0.1, -0.05) is 56.2 Å². The summed E-state index contributed by atoms with van der Waals surface area (Å²) in [6, 6.07) is 11.4. The molecule has 2 aliphatic heterocycles. The Hall–Kier alpha value is -6.38. The van der Waals surface area contributed by atoms with Gasteiger partial charge in [-0.25, -0.2) is 9.67 Å². The zero-order valence-electron chi connectivity index (χ0n) is 38.4. The van der Waals surface area contributed by atoms with Crippen LogP contribution >= 0.6 is 0 Å². The van der Waals surface area contributed by atoms with Crippen LogP contribution in [0.5, 0.6) is 5.75 Å². The van der Waals surface area contributed by atoms with Crippen LogP contribution in [-0.2, 0) is 25.7 Å². The maximum absolute atomic E-state index is 13.3. The first kappa shape index (κ1) is 46.2. The zero-order valence-corrected chi connectivity index (χ0v) is 38.4. The number of hydrogen-bond acceptors (Lipinski definition) is 13. The number of hydrogen-bond donors (Lipinski definition) is 3. The molecule has 0 bridgehead atoms. The van der Waals surface area contributed by atoms with E-state index in [-0.39, 0.29) is 29.9 Å². The fourth-order valence-corrected chi connectivity index (χ4v) is 9.90. The second-order valence-corrected chi connectivity index (χ2v) is 17.6. The molecule has 4 amide bonds. The number of ether oxygens (including phenoxy) is 2. The van der Waals surface area contributed by atoms with Crippen LogP contribution in [0.2, 0.25) is 0 Å². The van der Waals surface area contributed by atoms with Crippen molar-refractivity contribution in [3.8, 4) is 28.8 Å². The van der Waals surface area contributed by atoms with Crippen molar-refractivity contribution in [3.63, 3.8) is 0 Å². The number of nitrogens with zero attached hydrogens (tertiary/aromatic N) is 8. The highest BCUT2D eigenvalue weighted by Gasteiger charge is 2.41. The van der Waals surface area contributed by atoms with E-state index in [1.807, 2.05) is 55.2 Å². The molecule has 0 saturated heterocycles. The van der Waals surface area contributed by atoms with E-state index in [0.717, 1.165) is 97.5 Å². The van der Waals surface area contributed by atoms with Crippen LogP contribution in [0, 0.1) is 11.8 Å². The fourth-order valence-electron chi connectivity index (χ4n) is 9.90. The number of nitrogens with one attached hydrogen (secondary N) is 3. The lowest BCUT2D eigenvalue weighted by Gasteiger charge is -2.43. The number of carbonyl (C=O) groups is 4. The third-order valence-electron chi connectivity index (χ3n) is 13.4. The van der Waals surface area contributed by atoms with Gasteiger partial charge in [-0.3, -0.25) is 24.5 Å².